The Bertz CT molecular complexity index is 341. The number of carboxylic acids is 1. The van der Waals surface area contributed by atoms with E-state index in [-0.39, 0.29) is 12.5 Å². The lowest BCUT2D eigenvalue weighted by Gasteiger charge is -2.42. The number of piperidine rings is 1. The number of nitrogens with two attached hydrogens (primary N) is 1. The Morgan fingerprint density at radius 2 is 2.06 bits per heavy atom. The lowest BCUT2D eigenvalue weighted by Crippen LogP contribution is -2.58. The van der Waals surface area contributed by atoms with E-state index in [1.165, 1.54) is 0 Å². The first-order chi connectivity index (χ1) is 8.29. The van der Waals surface area contributed by atoms with Crippen molar-refractivity contribution in [2.24, 2.45) is 11.1 Å². The fraction of sp³-hybridized carbons (Fsp3) is 0.846. The maximum Gasteiger partial charge on any atom is 0.311 e. The molecule has 0 radical (unpaired) electrons. The summed E-state index contributed by atoms with van der Waals surface area (Å²) in [5.41, 5.74) is 4.27. The molecule has 1 aliphatic rings. The molecular weight excluding hydrogens is 232 g/mol. The lowest BCUT2D eigenvalue weighted by molar-refractivity contribution is -0.156. The van der Waals surface area contributed by atoms with Crippen molar-refractivity contribution in [3.8, 4) is 0 Å². The van der Waals surface area contributed by atoms with Crippen LogP contribution >= 0.6 is 0 Å². The minimum atomic E-state index is -0.894. The summed E-state index contributed by atoms with van der Waals surface area (Å²) in [5, 5.41) is 9.38. The van der Waals surface area contributed by atoms with Crippen molar-refractivity contribution < 1.29 is 14.7 Å². The summed E-state index contributed by atoms with van der Waals surface area (Å²) in [6, 6.07) is 0. The second-order valence-corrected chi connectivity index (χ2v) is 5.54. The van der Waals surface area contributed by atoms with Gasteiger partial charge in [0.2, 0.25) is 5.91 Å². The molecule has 5 nitrogen and oxygen atoms in total. The third kappa shape index (κ3) is 2.66. The third-order valence-corrected chi connectivity index (χ3v) is 4.22. The van der Waals surface area contributed by atoms with Gasteiger partial charge in [-0.15, -0.1) is 0 Å². The fourth-order valence-corrected chi connectivity index (χ4v) is 2.43. The minimum Gasteiger partial charge on any atom is -0.481 e. The molecule has 0 aromatic carbocycles. The Morgan fingerprint density at radius 1 is 1.44 bits per heavy atom. The zero-order valence-electron chi connectivity index (χ0n) is 11.5. The topological polar surface area (TPSA) is 83.6 Å². The van der Waals surface area contributed by atoms with E-state index < -0.39 is 16.9 Å². The number of carbonyl (C=O) groups excluding carboxylic acids is 1. The second-order valence-electron chi connectivity index (χ2n) is 5.54. The maximum absolute atomic E-state index is 12.3. The largest absolute Gasteiger partial charge is 0.481 e. The van der Waals surface area contributed by atoms with Crippen molar-refractivity contribution in [2.75, 3.05) is 13.1 Å². The highest BCUT2D eigenvalue weighted by molar-refractivity contribution is 5.86. The number of likely N-dealkylation sites (tertiary alicyclic amines) is 1. The van der Waals surface area contributed by atoms with E-state index in [4.69, 9.17) is 5.73 Å². The Hall–Kier alpha value is -1.10. The van der Waals surface area contributed by atoms with E-state index in [9.17, 15) is 14.7 Å². The highest BCUT2D eigenvalue weighted by Gasteiger charge is 2.44. The average Bonchev–Trinajstić information content (AvgIpc) is 2.37. The summed E-state index contributed by atoms with van der Waals surface area (Å²) < 4.78 is 0. The monoisotopic (exact) mass is 256 g/mol. The van der Waals surface area contributed by atoms with Gasteiger partial charge in [0.25, 0.3) is 0 Å². The first-order valence-electron chi connectivity index (χ1n) is 6.61. The highest BCUT2D eigenvalue weighted by atomic mass is 16.4. The third-order valence-electron chi connectivity index (χ3n) is 4.22. The van der Waals surface area contributed by atoms with Crippen LogP contribution in [-0.2, 0) is 9.59 Å². The molecule has 1 rings (SSSR count). The number of amides is 1. The van der Waals surface area contributed by atoms with Gasteiger partial charge >= 0.3 is 5.97 Å². The molecule has 3 N–H and O–H groups in total. The molecular formula is C13H24N2O3. The van der Waals surface area contributed by atoms with Gasteiger partial charge in [-0.2, -0.15) is 0 Å². The van der Waals surface area contributed by atoms with Crippen LogP contribution in [0.15, 0.2) is 0 Å². The predicted molar refractivity (Wildman–Crippen MR) is 69.1 cm³/mol. The van der Waals surface area contributed by atoms with Crippen LogP contribution in [0.25, 0.3) is 0 Å². The van der Waals surface area contributed by atoms with E-state index in [1.54, 1.807) is 11.8 Å². The van der Waals surface area contributed by atoms with E-state index in [0.717, 1.165) is 6.42 Å². The Kier molecular flexibility index (Phi) is 4.37. The van der Waals surface area contributed by atoms with Crippen LogP contribution in [0.1, 0.15) is 46.5 Å². The number of hydrogen-bond donors (Lipinski definition) is 2. The predicted octanol–water partition coefficient (Wildman–Crippen LogP) is 1.22. The number of carboxylic acid groups (broad SMARTS) is 1. The van der Waals surface area contributed by atoms with Crippen molar-refractivity contribution in [1.82, 2.24) is 4.90 Å². The summed E-state index contributed by atoms with van der Waals surface area (Å²) in [6.45, 7) is 6.33. The molecule has 0 aliphatic carbocycles. The molecule has 0 saturated carbocycles. The summed E-state index contributed by atoms with van der Waals surface area (Å²) in [6.07, 6.45) is 2.45. The van der Waals surface area contributed by atoms with Crippen LogP contribution in [0.3, 0.4) is 0 Å². The van der Waals surface area contributed by atoms with Gasteiger partial charge in [-0.25, -0.2) is 0 Å². The standard InChI is InChI=1S/C13H24N2O3/c1-4-12(3,14)10(16)15-8-6-7-13(5-2,9-15)11(17)18/h4-9,14H2,1-3H3,(H,17,18). The number of hydrogen-bond acceptors (Lipinski definition) is 3. The summed E-state index contributed by atoms with van der Waals surface area (Å²) in [4.78, 5) is 25.3. The SMILES string of the molecule is CCC(C)(N)C(=O)N1CCCC(CC)(C(=O)O)C1. The first kappa shape index (κ1) is 15.0. The van der Waals surface area contributed by atoms with Crippen molar-refractivity contribution in [3.05, 3.63) is 0 Å². The molecule has 0 bridgehead atoms. The molecule has 0 aromatic rings. The highest BCUT2D eigenvalue weighted by Crippen LogP contribution is 2.34. The van der Waals surface area contributed by atoms with Gasteiger partial charge < -0.3 is 15.7 Å². The summed E-state index contributed by atoms with van der Waals surface area (Å²) in [5.74, 6) is -0.943. The molecule has 1 heterocycles. The van der Waals surface area contributed by atoms with Crippen LogP contribution in [0, 0.1) is 5.41 Å². The van der Waals surface area contributed by atoms with E-state index in [2.05, 4.69) is 0 Å². The number of nitrogens with zero attached hydrogens (tertiary/aromatic N) is 1. The van der Waals surface area contributed by atoms with Crippen molar-refractivity contribution >= 4 is 11.9 Å². The summed E-state index contributed by atoms with van der Waals surface area (Å²) in [7, 11) is 0. The fourth-order valence-electron chi connectivity index (χ4n) is 2.43. The Morgan fingerprint density at radius 3 is 2.50 bits per heavy atom. The van der Waals surface area contributed by atoms with E-state index >= 15 is 0 Å². The van der Waals surface area contributed by atoms with Crippen molar-refractivity contribution in [2.45, 2.75) is 52.0 Å². The van der Waals surface area contributed by atoms with Gasteiger partial charge in [0.05, 0.1) is 11.0 Å². The quantitative estimate of drug-likeness (QED) is 0.792. The molecule has 104 valence electrons. The molecule has 2 unspecified atom stereocenters. The van der Waals surface area contributed by atoms with Crippen LogP contribution in [0.5, 0.6) is 0 Å². The van der Waals surface area contributed by atoms with Crippen LogP contribution in [0.4, 0.5) is 0 Å². The molecule has 5 heteroatoms. The van der Waals surface area contributed by atoms with Crippen molar-refractivity contribution in [1.29, 1.82) is 0 Å². The van der Waals surface area contributed by atoms with Gasteiger partial charge in [-0.1, -0.05) is 13.8 Å². The van der Waals surface area contributed by atoms with Crippen LogP contribution < -0.4 is 5.73 Å². The normalized spacial score (nSPS) is 27.7. The molecule has 1 fully saturated rings. The lowest BCUT2D eigenvalue weighted by atomic mass is 9.77. The van der Waals surface area contributed by atoms with E-state index in [1.807, 2.05) is 13.8 Å². The number of rotatable bonds is 4. The number of aliphatic carboxylic acids is 1. The molecule has 2 atom stereocenters. The summed E-state index contributed by atoms with van der Waals surface area (Å²) >= 11 is 0. The zero-order chi connectivity index (χ0) is 14.0. The van der Waals surface area contributed by atoms with Crippen LogP contribution in [-0.4, -0.2) is 40.5 Å². The molecule has 1 amide bonds. The van der Waals surface area contributed by atoms with Crippen LogP contribution in [0.2, 0.25) is 0 Å². The Balaban J connectivity index is 2.87. The van der Waals surface area contributed by atoms with Gasteiger partial charge in [0, 0.05) is 13.1 Å². The average molecular weight is 256 g/mol. The second kappa shape index (κ2) is 5.26. The smallest absolute Gasteiger partial charge is 0.311 e. The molecule has 1 aliphatic heterocycles. The van der Waals surface area contributed by atoms with E-state index in [0.29, 0.717) is 25.8 Å². The molecule has 18 heavy (non-hydrogen) atoms. The number of carbonyl (C=O) groups is 2. The Labute approximate surface area is 108 Å². The minimum absolute atomic E-state index is 0.135. The maximum atomic E-state index is 12.3. The van der Waals surface area contributed by atoms with Gasteiger partial charge in [-0.3, -0.25) is 9.59 Å². The first-order valence-corrected chi connectivity index (χ1v) is 6.61. The molecule has 1 saturated heterocycles. The zero-order valence-corrected chi connectivity index (χ0v) is 11.5. The van der Waals surface area contributed by atoms with Crippen molar-refractivity contribution in [3.63, 3.8) is 0 Å². The van der Waals surface area contributed by atoms with Gasteiger partial charge in [0.1, 0.15) is 0 Å². The molecule has 0 aromatic heterocycles. The molecule has 0 spiro atoms. The van der Waals surface area contributed by atoms with Gasteiger partial charge in [-0.05, 0) is 32.6 Å². The van der Waals surface area contributed by atoms with Gasteiger partial charge in [0.15, 0.2) is 0 Å².